The normalized spacial score (nSPS) is 49.3. The van der Waals surface area contributed by atoms with Crippen LogP contribution in [0.25, 0.3) is 0 Å². The Hall–Kier alpha value is -0.340. The van der Waals surface area contributed by atoms with Crippen LogP contribution in [0.3, 0.4) is 0 Å². The van der Waals surface area contributed by atoms with E-state index in [4.69, 9.17) is 1.37 Å². The molecule has 0 heterocycles. The summed E-state index contributed by atoms with van der Waals surface area (Å²) in [7, 11) is 0. The van der Waals surface area contributed by atoms with E-state index in [1.165, 1.54) is 32.1 Å². The van der Waals surface area contributed by atoms with Gasteiger partial charge in [-0.15, -0.1) is 0 Å². The molecule has 10 atom stereocenters. The molecule has 3 fully saturated rings. The lowest BCUT2D eigenvalue weighted by Gasteiger charge is -2.58. The lowest BCUT2D eigenvalue weighted by Crippen LogP contribution is -2.50. The largest absolute Gasteiger partial charge is 0.396 e. The molecule has 166 valence electrons. The predicted octanol–water partition coefficient (Wildman–Crippen LogP) is 6.36. The maximum Gasteiger partial charge on any atom is 0.0577 e. The zero-order chi connectivity index (χ0) is 21.7. The van der Waals surface area contributed by atoms with Crippen molar-refractivity contribution in [1.82, 2.24) is 0 Å². The van der Waals surface area contributed by atoms with Gasteiger partial charge in [0.15, 0.2) is 0 Å². The van der Waals surface area contributed by atoms with E-state index in [1.807, 2.05) is 0 Å². The second-order valence-electron chi connectivity index (χ2n) is 11.9. The molecular weight excluding hydrogens is 356 g/mol. The number of aliphatic hydroxyl groups is 2. The summed E-state index contributed by atoms with van der Waals surface area (Å²) in [4.78, 5) is 0. The second kappa shape index (κ2) is 8.30. The van der Waals surface area contributed by atoms with Crippen molar-refractivity contribution in [3.8, 4) is 0 Å². The molecule has 0 unspecified atom stereocenters. The SMILES string of the molecule is [2H][C@@H]1C[C@H]2[C@@H]3CC=C4C[C@@H](O)CC[C@]4(C)[C@H]3CC[C@]2(C)[C@H]1[C@H](C)CCC[C@@H](C)CO. The summed E-state index contributed by atoms with van der Waals surface area (Å²) in [6, 6.07) is 0. The molecule has 0 spiro atoms. The molecule has 4 aliphatic carbocycles. The smallest absolute Gasteiger partial charge is 0.0577 e. The zero-order valence-corrected chi connectivity index (χ0v) is 19.4. The molecule has 0 radical (unpaired) electrons. The standard InChI is InChI=1S/C27H46O2/c1-18(17-28)6-5-7-19(2)23-10-11-24-22-9-8-20-16-21(29)12-14-26(20,3)25(22)13-15-27(23,24)4/h8,18-19,21-25,28-29H,5-7,9-17H2,1-4H3/t18-,19-,21+,22+,23-,24+,25+,26+,27-/m1/s1/i10D/t10-,18-,19-,21+,22+,23-,24+,25+,26+,27-. The lowest BCUT2D eigenvalue weighted by molar-refractivity contribution is -0.0573. The van der Waals surface area contributed by atoms with Crippen LogP contribution in [0.2, 0.25) is 0 Å². The van der Waals surface area contributed by atoms with Crippen molar-refractivity contribution in [2.24, 2.45) is 46.3 Å². The first-order valence-corrected chi connectivity index (χ1v) is 12.6. The lowest BCUT2D eigenvalue weighted by atomic mass is 9.47. The van der Waals surface area contributed by atoms with Gasteiger partial charge in [-0.2, -0.15) is 0 Å². The first-order chi connectivity index (χ1) is 14.2. The minimum atomic E-state index is -0.127. The van der Waals surface area contributed by atoms with Crippen LogP contribution >= 0.6 is 0 Å². The van der Waals surface area contributed by atoms with Gasteiger partial charge in [0.2, 0.25) is 0 Å². The molecule has 29 heavy (non-hydrogen) atoms. The first-order valence-electron chi connectivity index (χ1n) is 13.2. The van der Waals surface area contributed by atoms with E-state index in [2.05, 4.69) is 33.8 Å². The van der Waals surface area contributed by atoms with Crippen LogP contribution < -0.4 is 0 Å². The van der Waals surface area contributed by atoms with Crippen LogP contribution in [0.4, 0.5) is 0 Å². The highest BCUT2D eigenvalue weighted by Crippen LogP contribution is 2.67. The highest BCUT2D eigenvalue weighted by atomic mass is 16.3. The average Bonchev–Trinajstić information content (AvgIpc) is 2.98. The van der Waals surface area contributed by atoms with Gasteiger partial charge >= 0.3 is 0 Å². The van der Waals surface area contributed by atoms with Gasteiger partial charge < -0.3 is 10.2 Å². The Morgan fingerprint density at radius 2 is 1.93 bits per heavy atom. The summed E-state index contributed by atoms with van der Waals surface area (Å²) in [6.45, 7) is 9.90. The number of allylic oxidation sites excluding steroid dienone is 1. The molecule has 0 aromatic carbocycles. The van der Waals surface area contributed by atoms with Crippen molar-refractivity contribution in [2.75, 3.05) is 6.61 Å². The molecule has 4 rings (SSSR count). The molecule has 2 N–H and O–H groups in total. The fourth-order valence-electron chi connectivity index (χ4n) is 8.35. The Morgan fingerprint density at radius 3 is 2.69 bits per heavy atom. The quantitative estimate of drug-likeness (QED) is 0.506. The fourth-order valence-corrected chi connectivity index (χ4v) is 8.35. The molecule has 4 aliphatic rings. The van der Waals surface area contributed by atoms with E-state index in [9.17, 15) is 10.2 Å². The van der Waals surface area contributed by atoms with Crippen LogP contribution in [0.1, 0.15) is 99.7 Å². The van der Waals surface area contributed by atoms with Gasteiger partial charge in [-0.1, -0.05) is 52.2 Å². The highest BCUT2D eigenvalue weighted by Gasteiger charge is 2.59. The average molecular weight is 404 g/mol. The summed E-state index contributed by atoms with van der Waals surface area (Å²) in [5.74, 6) is 3.75. The molecule has 2 nitrogen and oxygen atoms in total. The third-order valence-corrected chi connectivity index (χ3v) is 10.2. The molecule has 2 heteroatoms. The van der Waals surface area contributed by atoms with Crippen molar-refractivity contribution >= 4 is 0 Å². The molecule has 0 amide bonds. The Kier molecular flexibility index (Phi) is 5.89. The van der Waals surface area contributed by atoms with Crippen LogP contribution in [0, 0.1) is 46.3 Å². The number of aliphatic hydroxyl groups excluding tert-OH is 2. The van der Waals surface area contributed by atoms with Crippen molar-refractivity contribution in [3.05, 3.63) is 11.6 Å². The summed E-state index contributed by atoms with van der Waals surface area (Å²) in [5.41, 5.74) is 2.17. The van der Waals surface area contributed by atoms with Gasteiger partial charge in [-0.05, 0) is 104 Å². The minimum absolute atomic E-state index is 0.0929. The molecule has 0 bridgehead atoms. The van der Waals surface area contributed by atoms with Crippen molar-refractivity contribution in [1.29, 1.82) is 0 Å². The Labute approximate surface area is 181 Å². The number of hydrogen-bond acceptors (Lipinski definition) is 2. The van der Waals surface area contributed by atoms with Gasteiger partial charge in [-0.25, -0.2) is 0 Å². The van der Waals surface area contributed by atoms with Crippen LogP contribution in [0.15, 0.2) is 11.6 Å². The van der Waals surface area contributed by atoms with E-state index in [-0.39, 0.29) is 12.5 Å². The van der Waals surface area contributed by atoms with E-state index >= 15 is 0 Å². The van der Waals surface area contributed by atoms with E-state index in [0.717, 1.165) is 43.9 Å². The molecular formula is C27H46O2. The predicted molar refractivity (Wildman–Crippen MR) is 120 cm³/mol. The van der Waals surface area contributed by atoms with E-state index in [1.54, 1.807) is 5.57 Å². The number of rotatable bonds is 6. The van der Waals surface area contributed by atoms with Gasteiger partial charge in [0.25, 0.3) is 0 Å². The summed E-state index contributed by atoms with van der Waals surface area (Å²) in [5, 5.41) is 19.5. The second-order valence-corrected chi connectivity index (χ2v) is 11.9. The number of fused-ring (bicyclic) bond motifs is 5. The maximum atomic E-state index is 10.2. The van der Waals surface area contributed by atoms with Crippen LogP contribution in [0.5, 0.6) is 0 Å². The molecule has 0 aromatic heterocycles. The topological polar surface area (TPSA) is 40.5 Å². The molecule has 0 aromatic rings. The van der Waals surface area contributed by atoms with Crippen LogP contribution in [-0.4, -0.2) is 22.9 Å². The fraction of sp³-hybridized carbons (Fsp3) is 0.926. The van der Waals surface area contributed by atoms with E-state index in [0.29, 0.717) is 41.1 Å². The summed E-state index contributed by atoms with van der Waals surface area (Å²) < 4.78 is 9.07. The third kappa shape index (κ3) is 3.75. The van der Waals surface area contributed by atoms with Crippen LogP contribution in [-0.2, 0) is 0 Å². The molecule has 0 aliphatic heterocycles. The Balaban J connectivity index is 1.50. The monoisotopic (exact) mass is 403 g/mol. The van der Waals surface area contributed by atoms with E-state index < -0.39 is 0 Å². The number of hydrogen-bond donors (Lipinski definition) is 2. The third-order valence-electron chi connectivity index (χ3n) is 10.2. The Bertz CT molecular complexity index is 647. The van der Waals surface area contributed by atoms with Crippen molar-refractivity contribution in [2.45, 2.75) is 104 Å². The minimum Gasteiger partial charge on any atom is -0.396 e. The van der Waals surface area contributed by atoms with Gasteiger partial charge in [0, 0.05) is 7.98 Å². The maximum absolute atomic E-state index is 10.2. The van der Waals surface area contributed by atoms with Crippen molar-refractivity contribution in [3.63, 3.8) is 0 Å². The van der Waals surface area contributed by atoms with Gasteiger partial charge in [0.1, 0.15) is 0 Å². The molecule has 0 saturated heterocycles. The zero-order valence-electron chi connectivity index (χ0n) is 20.4. The van der Waals surface area contributed by atoms with Gasteiger partial charge in [0.05, 0.1) is 6.10 Å². The summed E-state index contributed by atoms with van der Waals surface area (Å²) in [6.07, 6.45) is 13.9. The summed E-state index contributed by atoms with van der Waals surface area (Å²) >= 11 is 0. The Morgan fingerprint density at radius 1 is 1.14 bits per heavy atom. The van der Waals surface area contributed by atoms with Crippen molar-refractivity contribution < 1.29 is 11.6 Å². The first kappa shape index (κ1) is 20.6. The van der Waals surface area contributed by atoms with Gasteiger partial charge in [-0.3, -0.25) is 0 Å². The molecule has 3 saturated carbocycles. The highest BCUT2D eigenvalue weighted by molar-refractivity contribution is 5.25.